The SMILES string of the molecule is CCCNC(C)(CCSc1ccc(C)cc1C)C(N)=O. The van der Waals surface area contributed by atoms with Crippen LogP contribution in [0.1, 0.15) is 37.8 Å². The molecule has 0 aliphatic heterocycles. The van der Waals surface area contributed by atoms with E-state index in [4.69, 9.17) is 5.73 Å². The predicted octanol–water partition coefficient (Wildman–Crippen LogP) is 3.03. The first-order valence-corrected chi connectivity index (χ1v) is 8.12. The number of nitrogens with one attached hydrogen (secondary N) is 1. The van der Waals surface area contributed by atoms with Crippen molar-refractivity contribution in [3.05, 3.63) is 29.3 Å². The molecule has 0 aliphatic carbocycles. The van der Waals surface area contributed by atoms with Crippen LogP contribution in [0.4, 0.5) is 0 Å². The van der Waals surface area contributed by atoms with Crippen LogP contribution in [-0.2, 0) is 4.79 Å². The number of carbonyl (C=O) groups is 1. The first-order chi connectivity index (χ1) is 9.39. The van der Waals surface area contributed by atoms with E-state index in [9.17, 15) is 4.79 Å². The Morgan fingerprint density at radius 1 is 1.40 bits per heavy atom. The third-order valence-electron chi connectivity index (χ3n) is 3.50. The fourth-order valence-electron chi connectivity index (χ4n) is 2.03. The number of nitrogens with two attached hydrogens (primary N) is 1. The van der Waals surface area contributed by atoms with Crippen molar-refractivity contribution < 1.29 is 4.79 Å². The molecule has 0 aliphatic rings. The van der Waals surface area contributed by atoms with Crippen LogP contribution in [0.3, 0.4) is 0 Å². The second-order valence-corrected chi connectivity index (χ2v) is 6.63. The smallest absolute Gasteiger partial charge is 0.237 e. The lowest BCUT2D eigenvalue weighted by Crippen LogP contribution is -2.53. The van der Waals surface area contributed by atoms with Crippen molar-refractivity contribution in [1.82, 2.24) is 5.32 Å². The number of thioether (sulfide) groups is 1. The second kappa shape index (κ2) is 7.70. The van der Waals surface area contributed by atoms with Crippen LogP contribution in [-0.4, -0.2) is 23.7 Å². The van der Waals surface area contributed by atoms with Crippen LogP contribution in [0, 0.1) is 13.8 Å². The molecule has 3 nitrogen and oxygen atoms in total. The Morgan fingerprint density at radius 2 is 2.10 bits per heavy atom. The zero-order valence-corrected chi connectivity index (χ0v) is 13.8. The number of carbonyl (C=O) groups excluding carboxylic acids is 1. The largest absolute Gasteiger partial charge is 0.368 e. The van der Waals surface area contributed by atoms with Gasteiger partial charge in [-0.15, -0.1) is 11.8 Å². The molecule has 0 bridgehead atoms. The quantitative estimate of drug-likeness (QED) is 0.725. The molecule has 0 heterocycles. The Balaban J connectivity index is 2.58. The Kier molecular flexibility index (Phi) is 6.56. The highest BCUT2D eigenvalue weighted by molar-refractivity contribution is 7.99. The summed E-state index contributed by atoms with van der Waals surface area (Å²) in [5.74, 6) is 0.604. The summed E-state index contributed by atoms with van der Waals surface area (Å²) in [6, 6.07) is 6.46. The monoisotopic (exact) mass is 294 g/mol. The average molecular weight is 294 g/mol. The van der Waals surface area contributed by atoms with Crippen molar-refractivity contribution >= 4 is 17.7 Å². The lowest BCUT2D eigenvalue weighted by Gasteiger charge is -2.27. The second-order valence-electron chi connectivity index (χ2n) is 5.49. The minimum atomic E-state index is -0.610. The summed E-state index contributed by atoms with van der Waals surface area (Å²) in [6.45, 7) is 9.01. The van der Waals surface area contributed by atoms with Crippen molar-refractivity contribution in [1.29, 1.82) is 0 Å². The molecule has 0 spiro atoms. The molecule has 0 saturated carbocycles. The van der Waals surface area contributed by atoms with Gasteiger partial charge in [0, 0.05) is 10.6 Å². The van der Waals surface area contributed by atoms with Gasteiger partial charge in [0.15, 0.2) is 0 Å². The highest BCUT2D eigenvalue weighted by atomic mass is 32.2. The Labute approximate surface area is 126 Å². The van der Waals surface area contributed by atoms with Crippen LogP contribution >= 0.6 is 11.8 Å². The molecule has 20 heavy (non-hydrogen) atoms. The van der Waals surface area contributed by atoms with E-state index >= 15 is 0 Å². The fourth-order valence-corrected chi connectivity index (χ4v) is 3.21. The van der Waals surface area contributed by atoms with Crippen LogP contribution in [0.2, 0.25) is 0 Å². The molecule has 1 aromatic carbocycles. The third-order valence-corrected chi connectivity index (χ3v) is 4.68. The number of hydrogen-bond donors (Lipinski definition) is 2. The maximum absolute atomic E-state index is 11.6. The van der Waals surface area contributed by atoms with Crippen LogP contribution in [0.25, 0.3) is 0 Å². The summed E-state index contributed by atoms with van der Waals surface area (Å²) < 4.78 is 0. The summed E-state index contributed by atoms with van der Waals surface area (Å²) in [6.07, 6.45) is 1.73. The molecule has 4 heteroatoms. The van der Waals surface area contributed by atoms with Crippen LogP contribution < -0.4 is 11.1 Å². The van der Waals surface area contributed by atoms with Crippen molar-refractivity contribution in [3.8, 4) is 0 Å². The molecule has 1 unspecified atom stereocenters. The predicted molar refractivity (Wildman–Crippen MR) is 87.2 cm³/mol. The highest BCUT2D eigenvalue weighted by Gasteiger charge is 2.29. The summed E-state index contributed by atoms with van der Waals surface area (Å²) in [4.78, 5) is 12.9. The molecule has 112 valence electrons. The van der Waals surface area contributed by atoms with Gasteiger partial charge in [0.1, 0.15) is 0 Å². The number of amides is 1. The lowest BCUT2D eigenvalue weighted by atomic mass is 9.98. The van der Waals surface area contributed by atoms with Crippen LogP contribution in [0.15, 0.2) is 23.1 Å². The number of hydrogen-bond acceptors (Lipinski definition) is 3. The molecule has 0 radical (unpaired) electrons. The molecule has 0 saturated heterocycles. The van der Waals surface area contributed by atoms with Crippen molar-refractivity contribution in [3.63, 3.8) is 0 Å². The van der Waals surface area contributed by atoms with Gasteiger partial charge in [-0.25, -0.2) is 0 Å². The van der Waals surface area contributed by atoms with Gasteiger partial charge < -0.3 is 11.1 Å². The third kappa shape index (κ3) is 4.84. The topological polar surface area (TPSA) is 55.1 Å². The summed E-state index contributed by atoms with van der Waals surface area (Å²) in [7, 11) is 0. The van der Waals surface area contributed by atoms with E-state index in [2.05, 4.69) is 44.3 Å². The number of rotatable bonds is 8. The highest BCUT2D eigenvalue weighted by Crippen LogP contribution is 2.25. The van der Waals surface area contributed by atoms with Gasteiger partial charge >= 0.3 is 0 Å². The van der Waals surface area contributed by atoms with E-state index in [1.807, 2.05) is 6.92 Å². The molecular weight excluding hydrogens is 268 g/mol. The zero-order valence-electron chi connectivity index (χ0n) is 13.0. The Bertz CT molecular complexity index is 462. The van der Waals surface area contributed by atoms with Gasteiger partial charge in [0.2, 0.25) is 5.91 Å². The Hall–Kier alpha value is -1.00. The molecule has 1 aromatic rings. The van der Waals surface area contributed by atoms with Crippen LogP contribution in [0.5, 0.6) is 0 Å². The van der Waals surface area contributed by atoms with Gasteiger partial charge in [-0.2, -0.15) is 0 Å². The number of aryl methyl sites for hydroxylation is 2. The Morgan fingerprint density at radius 3 is 2.65 bits per heavy atom. The maximum atomic E-state index is 11.6. The summed E-state index contributed by atoms with van der Waals surface area (Å²) >= 11 is 1.79. The molecule has 1 rings (SSSR count). The fraction of sp³-hybridized carbons (Fsp3) is 0.562. The number of primary amides is 1. The average Bonchev–Trinajstić information content (AvgIpc) is 2.38. The summed E-state index contributed by atoms with van der Waals surface area (Å²) in [5, 5.41) is 3.27. The summed E-state index contributed by atoms with van der Waals surface area (Å²) in [5.41, 5.74) is 7.49. The minimum absolute atomic E-state index is 0.271. The van der Waals surface area contributed by atoms with E-state index in [-0.39, 0.29) is 5.91 Å². The lowest BCUT2D eigenvalue weighted by molar-refractivity contribution is -0.123. The van der Waals surface area contributed by atoms with Gasteiger partial charge in [-0.1, -0.05) is 24.6 Å². The van der Waals surface area contributed by atoms with E-state index in [1.54, 1.807) is 11.8 Å². The van der Waals surface area contributed by atoms with Gasteiger partial charge in [0.25, 0.3) is 0 Å². The standard InChI is InChI=1S/C16H26N2OS/c1-5-9-18-16(4,15(17)19)8-10-20-14-7-6-12(2)11-13(14)3/h6-7,11,18H,5,8-10H2,1-4H3,(H2,17,19). The number of benzene rings is 1. The van der Waals surface area contributed by atoms with Crippen molar-refractivity contribution in [2.24, 2.45) is 5.73 Å². The normalized spacial score (nSPS) is 14.0. The van der Waals surface area contributed by atoms with Crippen molar-refractivity contribution in [2.75, 3.05) is 12.3 Å². The van der Waals surface area contributed by atoms with Gasteiger partial charge in [-0.3, -0.25) is 4.79 Å². The molecule has 1 atom stereocenters. The van der Waals surface area contributed by atoms with E-state index in [1.165, 1.54) is 16.0 Å². The first kappa shape index (κ1) is 17.1. The van der Waals surface area contributed by atoms with Gasteiger partial charge in [0.05, 0.1) is 5.54 Å². The van der Waals surface area contributed by atoms with E-state index in [0.29, 0.717) is 0 Å². The zero-order chi connectivity index (χ0) is 15.2. The molecule has 1 amide bonds. The van der Waals surface area contributed by atoms with Crippen molar-refractivity contribution in [2.45, 2.75) is 51.0 Å². The van der Waals surface area contributed by atoms with Gasteiger partial charge in [-0.05, 0) is 51.8 Å². The maximum Gasteiger partial charge on any atom is 0.237 e. The first-order valence-electron chi connectivity index (χ1n) is 7.14. The molecule has 0 fully saturated rings. The molecular formula is C16H26N2OS. The molecule has 0 aromatic heterocycles. The van der Waals surface area contributed by atoms with E-state index < -0.39 is 5.54 Å². The van der Waals surface area contributed by atoms with E-state index in [0.717, 1.165) is 25.1 Å². The minimum Gasteiger partial charge on any atom is -0.368 e. The molecule has 3 N–H and O–H groups in total.